The molecule has 0 atom stereocenters. The highest BCUT2D eigenvalue weighted by Crippen LogP contribution is 2.35. The number of halogens is 1. The second-order valence-electron chi connectivity index (χ2n) is 2.29. The van der Waals surface area contributed by atoms with E-state index in [1.165, 1.54) is 0 Å². The van der Waals surface area contributed by atoms with Gasteiger partial charge in [-0.1, -0.05) is 6.07 Å². The maximum absolute atomic E-state index is 9.50. The van der Waals surface area contributed by atoms with E-state index in [9.17, 15) is 5.11 Å². The summed E-state index contributed by atoms with van der Waals surface area (Å²) in [5.74, 6) is 0.751. The lowest BCUT2D eigenvalue weighted by molar-refractivity contribution is 0.402. The molecule has 3 nitrogen and oxygen atoms in total. The summed E-state index contributed by atoms with van der Waals surface area (Å²) in [6.07, 6.45) is 0. The molecule has 0 aromatic heterocycles. The number of hydrogen-bond acceptors (Lipinski definition) is 3. The van der Waals surface area contributed by atoms with Gasteiger partial charge < -0.3 is 15.6 Å². The molecule has 0 saturated carbocycles. The average Bonchev–Trinajstić information content (AvgIpc) is 2.10. The fourth-order valence-corrected chi connectivity index (χ4v) is 1.46. The monoisotopic (exact) mass is 231 g/mol. The molecular weight excluding hydrogens is 222 g/mol. The van der Waals surface area contributed by atoms with E-state index in [-0.39, 0.29) is 5.75 Å². The van der Waals surface area contributed by atoms with E-state index < -0.39 is 0 Å². The molecule has 1 rings (SSSR count). The molecule has 0 aliphatic rings. The van der Waals surface area contributed by atoms with Crippen molar-refractivity contribution in [1.82, 2.24) is 0 Å². The van der Waals surface area contributed by atoms with Crippen LogP contribution in [0.1, 0.15) is 5.56 Å². The molecule has 0 radical (unpaired) electrons. The van der Waals surface area contributed by atoms with Crippen molar-refractivity contribution in [3.05, 3.63) is 22.2 Å². The number of phenols is 1. The molecule has 0 amide bonds. The first-order valence-corrected chi connectivity index (χ1v) is 4.24. The Balaban J connectivity index is 3.20. The van der Waals surface area contributed by atoms with Gasteiger partial charge in [0.25, 0.3) is 0 Å². The fourth-order valence-electron chi connectivity index (χ4n) is 0.908. The van der Waals surface area contributed by atoms with Crippen molar-refractivity contribution >= 4 is 15.9 Å². The number of methoxy groups -OCH3 is 1. The zero-order valence-electron chi connectivity index (χ0n) is 6.67. The quantitative estimate of drug-likeness (QED) is 0.814. The first-order valence-electron chi connectivity index (χ1n) is 3.45. The second kappa shape index (κ2) is 3.78. The number of rotatable bonds is 2. The van der Waals surface area contributed by atoms with Crippen LogP contribution < -0.4 is 10.5 Å². The van der Waals surface area contributed by atoms with E-state index in [2.05, 4.69) is 15.9 Å². The number of nitrogens with two attached hydrogens (primary N) is 1. The first kappa shape index (κ1) is 9.35. The van der Waals surface area contributed by atoms with Crippen LogP contribution in [-0.2, 0) is 6.54 Å². The predicted molar refractivity (Wildman–Crippen MR) is 50.3 cm³/mol. The minimum absolute atomic E-state index is 0.150. The third kappa shape index (κ3) is 1.54. The van der Waals surface area contributed by atoms with Crippen LogP contribution in [0.4, 0.5) is 0 Å². The van der Waals surface area contributed by atoms with Crippen molar-refractivity contribution in [2.45, 2.75) is 6.54 Å². The normalized spacial score (nSPS) is 9.92. The van der Waals surface area contributed by atoms with Crippen molar-refractivity contribution < 1.29 is 9.84 Å². The Kier molecular flexibility index (Phi) is 2.94. The van der Waals surface area contributed by atoms with Crippen LogP contribution in [-0.4, -0.2) is 12.2 Å². The Hall–Kier alpha value is -0.740. The molecule has 0 unspecified atom stereocenters. The molecule has 12 heavy (non-hydrogen) atoms. The minimum atomic E-state index is 0.150. The lowest BCUT2D eigenvalue weighted by atomic mass is 10.2. The predicted octanol–water partition coefficient (Wildman–Crippen LogP) is 1.62. The molecule has 4 heteroatoms. The maximum atomic E-state index is 9.50. The third-order valence-corrected chi connectivity index (χ3v) is 2.37. The van der Waals surface area contributed by atoms with Crippen LogP contribution in [0.2, 0.25) is 0 Å². The second-order valence-corrected chi connectivity index (χ2v) is 3.09. The van der Waals surface area contributed by atoms with Gasteiger partial charge in [-0.05, 0) is 22.0 Å². The Labute approximate surface area is 79.3 Å². The number of hydrogen-bond donors (Lipinski definition) is 2. The van der Waals surface area contributed by atoms with Gasteiger partial charge in [-0.3, -0.25) is 0 Å². The van der Waals surface area contributed by atoms with Gasteiger partial charge >= 0.3 is 0 Å². The summed E-state index contributed by atoms with van der Waals surface area (Å²) < 4.78 is 5.53. The van der Waals surface area contributed by atoms with Crippen molar-refractivity contribution in [2.75, 3.05) is 7.11 Å². The molecular formula is C8H10BrNO2. The summed E-state index contributed by atoms with van der Waals surface area (Å²) in [4.78, 5) is 0. The number of benzene rings is 1. The largest absolute Gasteiger partial charge is 0.506 e. The summed E-state index contributed by atoms with van der Waals surface area (Å²) in [7, 11) is 1.54. The summed E-state index contributed by atoms with van der Waals surface area (Å²) in [6, 6.07) is 3.49. The van der Waals surface area contributed by atoms with E-state index in [0.717, 1.165) is 0 Å². The molecule has 66 valence electrons. The van der Waals surface area contributed by atoms with Crippen LogP contribution >= 0.6 is 15.9 Å². The highest BCUT2D eigenvalue weighted by molar-refractivity contribution is 9.10. The van der Waals surface area contributed by atoms with Crippen molar-refractivity contribution in [3.8, 4) is 11.5 Å². The Morgan fingerprint density at radius 2 is 2.25 bits per heavy atom. The SMILES string of the molecule is COc1ccc(CN)c(O)c1Br. The van der Waals surface area contributed by atoms with Gasteiger partial charge in [0.15, 0.2) is 0 Å². The zero-order chi connectivity index (χ0) is 9.14. The molecule has 0 spiro atoms. The highest BCUT2D eigenvalue weighted by atomic mass is 79.9. The van der Waals surface area contributed by atoms with Crippen molar-refractivity contribution in [2.24, 2.45) is 5.73 Å². The lowest BCUT2D eigenvalue weighted by Gasteiger charge is -2.07. The third-order valence-electron chi connectivity index (χ3n) is 1.60. The highest BCUT2D eigenvalue weighted by Gasteiger charge is 2.08. The average molecular weight is 232 g/mol. The van der Waals surface area contributed by atoms with Crippen LogP contribution in [0.3, 0.4) is 0 Å². The molecule has 0 aliphatic carbocycles. The van der Waals surface area contributed by atoms with E-state index in [1.807, 2.05) is 0 Å². The molecule has 0 saturated heterocycles. The molecule has 1 aromatic rings. The molecule has 0 heterocycles. The Morgan fingerprint density at radius 3 is 2.75 bits per heavy atom. The number of ether oxygens (including phenoxy) is 1. The first-order chi connectivity index (χ1) is 5.70. The Morgan fingerprint density at radius 1 is 1.58 bits per heavy atom. The van der Waals surface area contributed by atoms with Gasteiger partial charge in [0.1, 0.15) is 16.0 Å². The number of phenolic OH excluding ortho intramolecular Hbond substituents is 1. The van der Waals surface area contributed by atoms with Gasteiger partial charge in [0, 0.05) is 12.1 Å². The van der Waals surface area contributed by atoms with Crippen LogP contribution in [0.15, 0.2) is 16.6 Å². The van der Waals surface area contributed by atoms with Gasteiger partial charge in [-0.25, -0.2) is 0 Å². The van der Waals surface area contributed by atoms with E-state index in [1.54, 1.807) is 19.2 Å². The zero-order valence-corrected chi connectivity index (χ0v) is 8.26. The molecule has 1 aromatic carbocycles. The smallest absolute Gasteiger partial charge is 0.138 e. The van der Waals surface area contributed by atoms with E-state index in [4.69, 9.17) is 10.5 Å². The maximum Gasteiger partial charge on any atom is 0.138 e. The fraction of sp³-hybridized carbons (Fsp3) is 0.250. The standard InChI is InChI=1S/C8H10BrNO2/c1-12-6-3-2-5(4-10)8(11)7(6)9/h2-3,11H,4,10H2,1H3. The van der Waals surface area contributed by atoms with Gasteiger partial charge in [0.05, 0.1) is 7.11 Å². The number of aromatic hydroxyl groups is 1. The van der Waals surface area contributed by atoms with Crippen LogP contribution in [0, 0.1) is 0 Å². The summed E-state index contributed by atoms with van der Waals surface area (Å²) in [5, 5.41) is 9.50. The van der Waals surface area contributed by atoms with Crippen molar-refractivity contribution in [3.63, 3.8) is 0 Å². The topological polar surface area (TPSA) is 55.5 Å². The summed E-state index contributed by atoms with van der Waals surface area (Å²) in [5.41, 5.74) is 6.09. The summed E-state index contributed by atoms with van der Waals surface area (Å²) >= 11 is 3.20. The molecule has 3 N–H and O–H groups in total. The van der Waals surface area contributed by atoms with Gasteiger partial charge in [-0.15, -0.1) is 0 Å². The van der Waals surface area contributed by atoms with E-state index in [0.29, 0.717) is 22.3 Å². The van der Waals surface area contributed by atoms with E-state index >= 15 is 0 Å². The Bertz CT molecular complexity index is 260. The van der Waals surface area contributed by atoms with Gasteiger partial charge in [0.2, 0.25) is 0 Å². The minimum Gasteiger partial charge on any atom is -0.506 e. The molecule has 0 fully saturated rings. The lowest BCUT2D eigenvalue weighted by Crippen LogP contribution is -1.97. The van der Waals surface area contributed by atoms with Crippen molar-refractivity contribution in [1.29, 1.82) is 0 Å². The van der Waals surface area contributed by atoms with Gasteiger partial charge in [-0.2, -0.15) is 0 Å². The van der Waals surface area contributed by atoms with Crippen LogP contribution in [0.25, 0.3) is 0 Å². The molecule has 0 bridgehead atoms. The van der Waals surface area contributed by atoms with Crippen LogP contribution in [0.5, 0.6) is 11.5 Å². The summed E-state index contributed by atoms with van der Waals surface area (Å²) in [6.45, 7) is 0.314. The molecule has 0 aliphatic heterocycles.